The standard InChI is InChI=1S/C16H12F3N3O4S/c1-22-14-10(7-8-11(21-14)16(17,18)19)12(23)13(27(22,25)26)15(24)20-9-5-3-2-4-6-9/h2-8,23H,1H3,(H,20,24). The number of benzene rings is 1. The molecule has 1 aromatic carbocycles. The third kappa shape index (κ3) is 3.21. The lowest BCUT2D eigenvalue weighted by atomic mass is 10.1. The Kier molecular flexibility index (Phi) is 4.34. The van der Waals surface area contributed by atoms with Crippen molar-refractivity contribution >= 4 is 33.2 Å². The first-order valence-corrected chi connectivity index (χ1v) is 8.84. The smallest absolute Gasteiger partial charge is 0.433 e. The Bertz CT molecular complexity index is 1050. The van der Waals surface area contributed by atoms with E-state index in [9.17, 15) is 31.5 Å². The third-order valence-electron chi connectivity index (χ3n) is 3.79. The van der Waals surface area contributed by atoms with Crippen molar-refractivity contribution in [3.63, 3.8) is 0 Å². The summed E-state index contributed by atoms with van der Waals surface area (Å²) in [5.41, 5.74) is -1.36. The lowest BCUT2D eigenvalue weighted by Gasteiger charge is -2.27. The number of aromatic nitrogens is 1. The number of hydrogen-bond acceptors (Lipinski definition) is 5. The van der Waals surface area contributed by atoms with Crippen molar-refractivity contribution in [2.75, 3.05) is 16.7 Å². The molecular formula is C16H12F3N3O4S. The number of alkyl halides is 3. The molecule has 27 heavy (non-hydrogen) atoms. The fourth-order valence-corrected chi connectivity index (χ4v) is 3.74. The van der Waals surface area contributed by atoms with Crippen LogP contribution in [0.2, 0.25) is 0 Å². The average Bonchev–Trinajstić information content (AvgIpc) is 2.59. The quantitative estimate of drug-likeness (QED) is 0.809. The van der Waals surface area contributed by atoms with Gasteiger partial charge in [0.15, 0.2) is 16.5 Å². The van der Waals surface area contributed by atoms with Crippen LogP contribution in [-0.2, 0) is 21.0 Å². The van der Waals surface area contributed by atoms with E-state index in [1.807, 2.05) is 0 Å². The molecule has 1 aliphatic heterocycles. The van der Waals surface area contributed by atoms with E-state index in [1.165, 1.54) is 12.1 Å². The van der Waals surface area contributed by atoms with Gasteiger partial charge in [0.1, 0.15) is 5.69 Å². The number of pyridine rings is 1. The third-order valence-corrected chi connectivity index (χ3v) is 5.58. The highest BCUT2D eigenvalue weighted by atomic mass is 32.2. The number of para-hydroxylation sites is 1. The van der Waals surface area contributed by atoms with Crippen LogP contribution in [0.1, 0.15) is 11.3 Å². The topological polar surface area (TPSA) is 99.6 Å². The number of anilines is 2. The van der Waals surface area contributed by atoms with Crippen molar-refractivity contribution in [1.29, 1.82) is 0 Å². The minimum atomic E-state index is -4.80. The van der Waals surface area contributed by atoms with Crippen molar-refractivity contribution in [3.8, 4) is 0 Å². The molecule has 2 N–H and O–H groups in total. The minimum absolute atomic E-state index is 0.275. The number of amides is 1. The fraction of sp³-hybridized carbons (Fsp3) is 0.125. The molecule has 11 heteroatoms. The van der Waals surface area contributed by atoms with Crippen LogP contribution in [0.25, 0.3) is 5.76 Å². The largest absolute Gasteiger partial charge is 0.506 e. The average molecular weight is 399 g/mol. The van der Waals surface area contributed by atoms with Gasteiger partial charge in [0, 0.05) is 12.7 Å². The van der Waals surface area contributed by atoms with Gasteiger partial charge in [-0.2, -0.15) is 13.2 Å². The molecule has 0 saturated heterocycles. The van der Waals surface area contributed by atoms with Gasteiger partial charge in [0.2, 0.25) is 0 Å². The van der Waals surface area contributed by atoms with Crippen molar-refractivity contribution in [1.82, 2.24) is 4.98 Å². The van der Waals surface area contributed by atoms with Gasteiger partial charge >= 0.3 is 6.18 Å². The van der Waals surface area contributed by atoms with Gasteiger partial charge in [-0.15, -0.1) is 0 Å². The molecule has 3 rings (SSSR count). The zero-order valence-electron chi connectivity index (χ0n) is 13.6. The predicted octanol–water partition coefficient (Wildman–Crippen LogP) is 2.75. The molecule has 0 spiro atoms. The highest BCUT2D eigenvalue weighted by Crippen LogP contribution is 2.39. The molecule has 0 fully saturated rings. The monoisotopic (exact) mass is 399 g/mol. The van der Waals surface area contributed by atoms with E-state index in [0.29, 0.717) is 10.4 Å². The number of fused-ring (bicyclic) bond motifs is 1. The van der Waals surface area contributed by atoms with Crippen molar-refractivity contribution in [2.45, 2.75) is 6.18 Å². The lowest BCUT2D eigenvalue weighted by Crippen LogP contribution is -2.38. The number of sulfonamides is 1. The Morgan fingerprint density at radius 2 is 1.78 bits per heavy atom. The highest BCUT2D eigenvalue weighted by molar-refractivity contribution is 7.97. The van der Waals surface area contributed by atoms with Gasteiger partial charge in [-0.1, -0.05) is 18.2 Å². The van der Waals surface area contributed by atoms with Gasteiger partial charge in [-0.25, -0.2) is 13.4 Å². The molecule has 1 aliphatic rings. The van der Waals surface area contributed by atoms with E-state index < -0.39 is 44.3 Å². The molecule has 142 valence electrons. The van der Waals surface area contributed by atoms with E-state index in [-0.39, 0.29) is 11.3 Å². The lowest BCUT2D eigenvalue weighted by molar-refractivity contribution is -0.141. The second kappa shape index (κ2) is 6.27. The van der Waals surface area contributed by atoms with Gasteiger partial charge in [-0.3, -0.25) is 9.10 Å². The number of rotatable bonds is 2. The summed E-state index contributed by atoms with van der Waals surface area (Å²) in [6.45, 7) is 0. The van der Waals surface area contributed by atoms with Gasteiger partial charge in [0.05, 0.1) is 5.56 Å². The molecule has 1 amide bonds. The van der Waals surface area contributed by atoms with Gasteiger partial charge in [0.25, 0.3) is 15.9 Å². The first-order chi connectivity index (χ1) is 12.5. The molecule has 0 unspecified atom stereocenters. The summed E-state index contributed by atoms with van der Waals surface area (Å²) in [6, 6.07) is 9.33. The molecule has 0 aliphatic carbocycles. The number of nitrogens with zero attached hydrogens (tertiary/aromatic N) is 2. The van der Waals surface area contributed by atoms with Crippen LogP contribution < -0.4 is 9.62 Å². The number of carbonyl (C=O) groups is 1. The Balaban J connectivity index is 2.13. The normalized spacial score (nSPS) is 16.1. The molecule has 7 nitrogen and oxygen atoms in total. The molecule has 1 aromatic heterocycles. The highest BCUT2D eigenvalue weighted by Gasteiger charge is 2.42. The molecular weight excluding hydrogens is 387 g/mol. The second-order valence-electron chi connectivity index (χ2n) is 5.54. The Morgan fingerprint density at radius 1 is 1.15 bits per heavy atom. The zero-order valence-corrected chi connectivity index (χ0v) is 14.5. The minimum Gasteiger partial charge on any atom is -0.506 e. The summed E-state index contributed by atoms with van der Waals surface area (Å²) in [6.07, 6.45) is -4.80. The van der Waals surface area contributed by atoms with Crippen molar-refractivity contribution in [2.24, 2.45) is 0 Å². The van der Waals surface area contributed by atoms with Gasteiger partial charge in [-0.05, 0) is 24.3 Å². The maximum absolute atomic E-state index is 12.9. The summed E-state index contributed by atoms with van der Waals surface area (Å²) in [7, 11) is -3.68. The van der Waals surface area contributed by atoms with Crippen LogP contribution in [-0.4, -0.2) is 31.5 Å². The van der Waals surface area contributed by atoms with E-state index in [2.05, 4.69) is 10.3 Å². The molecule has 2 heterocycles. The maximum Gasteiger partial charge on any atom is 0.433 e. The molecule has 0 radical (unpaired) electrons. The Morgan fingerprint density at radius 3 is 2.37 bits per heavy atom. The van der Waals surface area contributed by atoms with Crippen molar-refractivity contribution < 1.29 is 31.5 Å². The fourth-order valence-electron chi connectivity index (χ4n) is 2.46. The number of nitrogens with one attached hydrogen (secondary N) is 1. The molecule has 2 aromatic rings. The van der Waals surface area contributed by atoms with Crippen LogP contribution in [0.4, 0.5) is 24.7 Å². The number of aliphatic hydroxyl groups is 1. The summed E-state index contributed by atoms with van der Waals surface area (Å²) in [5, 5.41) is 12.6. The van der Waals surface area contributed by atoms with Crippen LogP contribution in [0.15, 0.2) is 47.4 Å². The summed E-state index contributed by atoms with van der Waals surface area (Å²) < 4.78 is 64.2. The first kappa shape index (κ1) is 18.7. The van der Waals surface area contributed by atoms with Crippen LogP contribution in [0.5, 0.6) is 0 Å². The second-order valence-corrected chi connectivity index (χ2v) is 7.44. The number of aliphatic hydroxyl groups excluding tert-OH is 1. The zero-order chi connectivity index (χ0) is 20.0. The van der Waals surface area contributed by atoms with Gasteiger partial charge < -0.3 is 10.4 Å². The number of hydrogen-bond donors (Lipinski definition) is 2. The van der Waals surface area contributed by atoms with Crippen LogP contribution in [0.3, 0.4) is 0 Å². The van der Waals surface area contributed by atoms with E-state index in [0.717, 1.165) is 13.1 Å². The van der Waals surface area contributed by atoms with Crippen LogP contribution >= 0.6 is 0 Å². The summed E-state index contributed by atoms with van der Waals surface area (Å²) in [5.74, 6) is -2.73. The molecule has 0 saturated carbocycles. The molecule has 0 bridgehead atoms. The first-order valence-electron chi connectivity index (χ1n) is 7.40. The van der Waals surface area contributed by atoms with Crippen molar-refractivity contribution in [3.05, 3.63) is 58.6 Å². The number of carbonyl (C=O) groups excluding carboxylic acids is 1. The summed E-state index contributed by atoms with van der Waals surface area (Å²) >= 11 is 0. The SMILES string of the molecule is CN1c2nc(C(F)(F)F)ccc2C(O)=C(C(=O)Nc2ccccc2)S1(=O)=O. The van der Waals surface area contributed by atoms with E-state index in [4.69, 9.17) is 0 Å². The Hall–Kier alpha value is -3.08. The molecule has 0 atom stereocenters. The Labute approximate surface area is 151 Å². The maximum atomic E-state index is 12.9. The number of halogens is 3. The van der Waals surface area contributed by atoms with E-state index >= 15 is 0 Å². The predicted molar refractivity (Wildman–Crippen MR) is 91.2 cm³/mol. The summed E-state index contributed by atoms with van der Waals surface area (Å²) in [4.78, 5) is 14.7. The van der Waals surface area contributed by atoms with Crippen LogP contribution in [0, 0.1) is 0 Å². The van der Waals surface area contributed by atoms with E-state index in [1.54, 1.807) is 18.2 Å².